The molecule has 8 nitrogen and oxygen atoms in total. The Morgan fingerprint density at radius 1 is 0.600 bits per heavy atom. The SMILES string of the molecule is CC1(C)CC(NC(=O)[C@]23[C@H]4[C@@H]5[C@H](C[C@H]42)[C@@]53C(=O)NC2CC(C)(C)N([O])C(C)(C)C2)CC(C)(C)N1[O]. The van der Waals surface area contributed by atoms with Crippen LogP contribution in [-0.2, 0) is 20.0 Å². The Morgan fingerprint density at radius 3 is 1.14 bits per heavy atom. The molecule has 2 N–H and O–H groups in total. The molecule has 2 radical (unpaired) electrons. The fourth-order valence-corrected chi connectivity index (χ4v) is 10.4. The van der Waals surface area contributed by atoms with Gasteiger partial charge in [0.25, 0.3) is 0 Å². The molecule has 0 aromatic rings. The second kappa shape index (κ2) is 6.43. The summed E-state index contributed by atoms with van der Waals surface area (Å²) in [5.41, 5.74) is -3.27. The molecule has 194 valence electrons. The van der Waals surface area contributed by atoms with Crippen molar-refractivity contribution in [1.82, 2.24) is 20.8 Å². The zero-order valence-corrected chi connectivity index (χ0v) is 22.5. The molecular formula is C27H42N4O4. The zero-order chi connectivity index (χ0) is 25.7. The minimum absolute atomic E-state index is 0.0462. The molecular weight excluding hydrogens is 444 g/mol. The van der Waals surface area contributed by atoms with Crippen molar-refractivity contribution in [3.63, 3.8) is 0 Å². The van der Waals surface area contributed by atoms with Crippen LogP contribution in [0.15, 0.2) is 0 Å². The van der Waals surface area contributed by atoms with Crippen molar-refractivity contribution >= 4 is 11.8 Å². The van der Waals surface area contributed by atoms with Gasteiger partial charge in [0.15, 0.2) is 0 Å². The summed E-state index contributed by atoms with van der Waals surface area (Å²) in [6.45, 7) is 15.6. The van der Waals surface area contributed by atoms with Crippen molar-refractivity contribution in [3.8, 4) is 0 Å². The van der Waals surface area contributed by atoms with Gasteiger partial charge in [-0.15, -0.1) is 20.5 Å². The average Bonchev–Trinajstić information content (AvgIpc) is 3.33. The molecule has 2 heterocycles. The van der Waals surface area contributed by atoms with E-state index in [1.165, 1.54) is 10.1 Å². The van der Waals surface area contributed by atoms with Crippen LogP contribution in [-0.4, -0.2) is 56.2 Å². The van der Waals surface area contributed by atoms with Gasteiger partial charge in [-0.2, -0.15) is 0 Å². The van der Waals surface area contributed by atoms with Crippen molar-refractivity contribution in [1.29, 1.82) is 0 Å². The molecule has 2 amide bonds. The Hall–Kier alpha value is -1.22. The second-order valence-corrected chi connectivity index (χ2v) is 15.2. The smallest absolute Gasteiger partial charge is 0.228 e. The summed E-state index contributed by atoms with van der Waals surface area (Å²) >= 11 is 0. The standard InChI is InChI=1S/C27H42N4O4/c1-22(2)10-14(11-23(3,4)30(22)34)28-20(32)26-16-9-17-19(18(16)26)27(17,26)21(33)29-15-12-24(5,6)31(35)25(7,8)13-15/h14-19H,9-13H2,1-8H3,(H,28,32)(H,29,33)/t16-,17+,18-,19+,26-,27+. The maximum atomic E-state index is 13.9. The Balaban J connectivity index is 1.19. The van der Waals surface area contributed by atoms with E-state index in [1.54, 1.807) is 0 Å². The molecule has 7 rings (SSSR count). The minimum Gasteiger partial charge on any atom is -0.353 e. The molecule has 5 aliphatic carbocycles. The zero-order valence-electron chi connectivity index (χ0n) is 22.5. The number of carbonyl (C=O) groups excluding carboxylic acids is 2. The first-order chi connectivity index (χ1) is 15.9. The Bertz CT molecular complexity index is 876. The third kappa shape index (κ3) is 2.67. The maximum absolute atomic E-state index is 13.9. The van der Waals surface area contributed by atoms with Crippen molar-refractivity contribution in [3.05, 3.63) is 0 Å². The number of carbonyl (C=O) groups is 2. The van der Waals surface area contributed by atoms with Crippen LogP contribution in [0.3, 0.4) is 0 Å². The molecule has 0 spiro atoms. The molecule has 5 saturated carbocycles. The highest BCUT2D eigenvalue weighted by molar-refractivity contribution is 6.05. The highest BCUT2D eigenvalue weighted by atomic mass is 16.5. The molecule has 2 aliphatic heterocycles. The van der Waals surface area contributed by atoms with Gasteiger partial charge in [-0.05, 0) is 111 Å². The highest BCUT2D eigenvalue weighted by Gasteiger charge is 3.08. The number of rotatable bonds is 4. The van der Waals surface area contributed by atoms with Crippen LogP contribution >= 0.6 is 0 Å². The Labute approximate surface area is 209 Å². The maximum Gasteiger partial charge on any atom is 0.228 e. The van der Waals surface area contributed by atoms with Crippen LogP contribution in [0.5, 0.6) is 0 Å². The van der Waals surface area contributed by atoms with Gasteiger partial charge in [-0.1, -0.05) is 0 Å². The monoisotopic (exact) mass is 486 g/mol. The van der Waals surface area contributed by atoms with E-state index < -0.39 is 33.0 Å². The van der Waals surface area contributed by atoms with E-state index in [1.807, 2.05) is 55.4 Å². The van der Waals surface area contributed by atoms with Crippen LogP contribution in [0, 0.1) is 34.5 Å². The molecule has 35 heavy (non-hydrogen) atoms. The summed E-state index contributed by atoms with van der Waals surface area (Å²) in [7, 11) is 0. The van der Waals surface area contributed by atoms with E-state index in [9.17, 15) is 20.0 Å². The second-order valence-electron chi connectivity index (χ2n) is 15.2. The quantitative estimate of drug-likeness (QED) is 0.638. The van der Waals surface area contributed by atoms with Crippen LogP contribution in [0.2, 0.25) is 0 Å². The van der Waals surface area contributed by atoms with Gasteiger partial charge in [0.1, 0.15) is 0 Å². The molecule has 2 saturated heterocycles. The molecule has 2 bridgehead atoms. The summed E-state index contributed by atoms with van der Waals surface area (Å²) in [4.78, 5) is 27.7. The largest absolute Gasteiger partial charge is 0.353 e. The third-order valence-electron chi connectivity index (χ3n) is 11.1. The predicted molar refractivity (Wildman–Crippen MR) is 127 cm³/mol. The van der Waals surface area contributed by atoms with E-state index >= 15 is 0 Å². The van der Waals surface area contributed by atoms with Crippen LogP contribution < -0.4 is 10.6 Å². The lowest BCUT2D eigenvalue weighted by atomic mass is 9.69. The molecule has 0 aromatic carbocycles. The van der Waals surface area contributed by atoms with Crippen LogP contribution in [0.25, 0.3) is 0 Å². The van der Waals surface area contributed by atoms with Gasteiger partial charge < -0.3 is 10.6 Å². The first-order valence-corrected chi connectivity index (χ1v) is 13.5. The lowest BCUT2D eigenvalue weighted by Gasteiger charge is -2.51. The van der Waals surface area contributed by atoms with Crippen molar-refractivity contribution in [2.75, 3.05) is 0 Å². The van der Waals surface area contributed by atoms with E-state index in [0.29, 0.717) is 49.4 Å². The summed E-state index contributed by atoms with van der Waals surface area (Å²) in [5.74, 6) is 1.47. The van der Waals surface area contributed by atoms with Gasteiger partial charge in [0, 0.05) is 34.2 Å². The number of nitrogens with one attached hydrogen (secondary N) is 2. The van der Waals surface area contributed by atoms with Crippen LogP contribution in [0.1, 0.15) is 87.5 Å². The highest BCUT2D eigenvalue weighted by Crippen LogP contribution is 3.04. The molecule has 8 heteroatoms. The lowest BCUT2D eigenvalue weighted by Crippen LogP contribution is -2.65. The fourth-order valence-electron chi connectivity index (χ4n) is 10.4. The number of piperidine rings is 2. The van der Waals surface area contributed by atoms with E-state index in [2.05, 4.69) is 10.6 Å². The van der Waals surface area contributed by atoms with Gasteiger partial charge in [-0.3, -0.25) is 9.59 Å². The average molecular weight is 487 g/mol. The van der Waals surface area contributed by atoms with Gasteiger partial charge in [0.2, 0.25) is 11.8 Å². The Morgan fingerprint density at radius 2 is 0.886 bits per heavy atom. The minimum atomic E-state index is -0.546. The number of hydroxylamine groups is 4. The number of amides is 2. The summed E-state index contributed by atoms with van der Waals surface area (Å²) in [6.07, 6.45) is 3.44. The molecule has 0 unspecified atom stereocenters. The topological polar surface area (TPSA) is 104 Å². The molecule has 0 aromatic heterocycles. The van der Waals surface area contributed by atoms with E-state index in [0.717, 1.165) is 6.42 Å². The van der Waals surface area contributed by atoms with Crippen LogP contribution in [0.4, 0.5) is 0 Å². The Kier molecular flexibility index (Phi) is 4.43. The summed E-state index contributed by atoms with van der Waals surface area (Å²) in [5, 5.41) is 34.6. The van der Waals surface area contributed by atoms with Crippen molar-refractivity contribution < 1.29 is 20.0 Å². The predicted octanol–water partition coefficient (Wildman–Crippen LogP) is 2.84. The first kappa shape index (κ1) is 24.1. The van der Waals surface area contributed by atoms with Gasteiger partial charge in [0.05, 0.1) is 10.8 Å². The fraction of sp³-hybridized carbons (Fsp3) is 0.926. The van der Waals surface area contributed by atoms with E-state index in [-0.39, 0.29) is 23.9 Å². The van der Waals surface area contributed by atoms with Crippen molar-refractivity contribution in [2.45, 2.75) is 122 Å². The number of hydrogen-bond acceptors (Lipinski definition) is 4. The third-order valence-corrected chi connectivity index (χ3v) is 11.1. The van der Waals surface area contributed by atoms with Crippen molar-refractivity contribution in [2.24, 2.45) is 34.5 Å². The lowest BCUT2D eigenvalue weighted by molar-refractivity contribution is -0.290. The van der Waals surface area contributed by atoms with Gasteiger partial charge >= 0.3 is 0 Å². The normalized spacial score (nSPS) is 46.3. The number of nitrogens with zero attached hydrogens (tertiary/aromatic N) is 2. The molecule has 7 fully saturated rings. The first-order valence-electron chi connectivity index (χ1n) is 13.5. The molecule has 6 atom stereocenters. The van der Waals surface area contributed by atoms with Gasteiger partial charge in [-0.25, -0.2) is 0 Å². The molecule has 7 aliphatic rings. The summed E-state index contributed by atoms with van der Waals surface area (Å²) < 4.78 is 0. The summed E-state index contributed by atoms with van der Waals surface area (Å²) in [6, 6.07) is -0.127. The number of hydrogen-bond donors (Lipinski definition) is 2. The van der Waals surface area contributed by atoms with E-state index in [4.69, 9.17) is 0 Å².